The molecule has 0 bridgehead atoms. The molecule has 0 saturated carbocycles. The first-order valence-corrected chi connectivity index (χ1v) is 7.50. The topological polar surface area (TPSA) is 21.3 Å². The van der Waals surface area contributed by atoms with E-state index in [-0.39, 0.29) is 0 Å². The Morgan fingerprint density at radius 2 is 1.74 bits per heavy atom. The summed E-state index contributed by atoms with van der Waals surface area (Å²) in [7, 11) is 1.74. The minimum Gasteiger partial charge on any atom is -0.383 e. The summed E-state index contributed by atoms with van der Waals surface area (Å²) in [5.41, 5.74) is 4.30. The maximum atomic E-state index is 4.99. The van der Waals surface area contributed by atoms with E-state index in [0.717, 1.165) is 19.7 Å². The monoisotopic (exact) mass is 263 g/mol. The molecule has 1 rings (SSSR count). The molecule has 1 aromatic rings. The number of hydrogen-bond donors (Lipinski definition) is 1. The van der Waals surface area contributed by atoms with Crippen LogP contribution in [0.15, 0.2) is 18.2 Å². The second kappa shape index (κ2) is 9.99. The van der Waals surface area contributed by atoms with Crippen LogP contribution in [0.5, 0.6) is 0 Å². The number of unbranched alkanes of at least 4 members (excludes halogenated alkanes) is 3. The van der Waals surface area contributed by atoms with Gasteiger partial charge in [-0.1, -0.05) is 31.0 Å². The number of aryl methyl sites for hydroxylation is 3. The Morgan fingerprint density at radius 3 is 2.47 bits per heavy atom. The first-order valence-electron chi connectivity index (χ1n) is 7.50. The summed E-state index contributed by atoms with van der Waals surface area (Å²) >= 11 is 0. The first-order chi connectivity index (χ1) is 9.24. The maximum Gasteiger partial charge on any atom is 0.0587 e. The van der Waals surface area contributed by atoms with E-state index in [1.807, 2.05) is 0 Å². The van der Waals surface area contributed by atoms with Crippen LogP contribution >= 0.6 is 0 Å². The molecule has 0 aliphatic rings. The highest BCUT2D eigenvalue weighted by Gasteiger charge is 1.97. The Balaban J connectivity index is 2.00. The van der Waals surface area contributed by atoms with Gasteiger partial charge >= 0.3 is 0 Å². The van der Waals surface area contributed by atoms with Crippen molar-refractivity contribution in [1.29, 1.82) is 0 Å². The lowest BCUT2D eigenvalue weighted by Crippen LogP contribution is -2.20. The summed E-state index contributed by atoms with van der Waals surface area (Å²) in [5.74, 6) is 0. The minimum atomic E-state index is 0.812. The molecule has 0 saturated heterocycles. The molecule has 2 heteroatoms. The fraction of sp³-hybridized carbons (Fsp3) is 0.647. The van der Waals surface area contributed by atoms with E-state index in [9.17, 15) is 0 Å². The molecule has 108 valence electrons. The number of methoxy groups -OCH3 is 1. The largest absolute Gasteiger partial charge is 0.383 e. The summed E-state index contributed by atoms with van der Waals surface area (Å²) in [6.07, 6.45) is 6.46. The standard InChI is InChI=1S/C17H29NO/c1-15-9-10-17(14-16(15)2)8-6-4-5-7-11-18-12-13-19-3/h9-10,14,18H,4-8,11-13H2,1-3H3. The fourth-order valence-corrected chi connectivity index (χ4v) is 2.19. The predicted octanol–water partition coefficient (Wildman–Crippen LogP) is 3.64. The van der Waals surface area contributed by atoms with Crippen LogP contribution in [0.2, 0.25) is 0 Å². The Hall–Kier alpha value is -0.860. The van der Waals surface area contributed by atoms with E-state index in [2.05, 4.69) is 37.4 Å². The molecule has 0 amide bonds. The van der Waals surface area contributed by atoms with Crippen LogP contribution in [0.1, 0.15) is 42.4 Å². The zero-order valence-corrected chi connectivity index (χ0v) is 12.8. The molecule has 0 fully saturated rings. The molecule has 0 heterocycles. The minimum absolute atomic E-state index is 0.812. The average Bonchev–Trinajstić information content (AvgIpc) is 2.41. The van der Waals surface area contributed by atoms with Crippen LogP contribution < -0.4 is 5.32 Å². The zero-order valence-electron chi connectivity index (χ0n) is 12.8. The summed E-state index contributed by atoms with van der Waals surface area (Å²) in [5, 5.41) is 3.38. The van der Waals surface area contributed by atoms with Crippen LogP contribution in [0.3, 0.4) is 0 Å². The van der Waals surface area contributed by atoms with E-state index in [1.165, 1.54) is 48.8 Å². The van der Waals surface area contributed by atoms with Crippen molar-refractivity contribution in [3.05, 3.63) is 34.9 Å². The van der Waals surface area contributed by atoms with Gasteiger partial charge in [0.1, 0.15) is 0 Å². The number of ether oxygens (including phenoxy) is 1. The number of nitrogens with one attached hydrogen (secondary N) is 1. The summed E-state index contributed by atoms with van der Waals surface area (Å²) in [6, 6.07) is 6.85. The van der Waals surface area contributed by atoms with Gasteiger partial charge in [0, 0.05) is 13.7 Å². The predicted molar refractivity (Wildman–Crippen MR) is 82.8 cm³/mol. The quantitative estimate of drug-likeness (QED) is 0.651. The number of rotatable bonds is 10. The molecule has 0 aliphatic heterocycles. The second-order valence-corrected chi connectivity index (χ2v) is 5.33. The highest BCUT2D eigenvalue weighted by Crippen LogP contribution is 2.13. The van der Waals surface area contributed by atoms with Gasteiger partial charge in [0.2, 0.25) is 0 Å². The van der Waals surface area contributed by atoms with Crippen molar-refractivity contribution in [2.45, 2.75) is 46.0 Å². The average molecular weight is 263 g/mol. The summed E-state index contributed by atoms with van der Waals surface area (Å²) in [6.45, 7) is 7.28. The van der Waals surface area contributed by atoms with Crippen molar-refractivity contribution in [3.8, 4) is 0 Å². The molecule has 0 aliphatic carbocycles. The third-order valence-electron chi connectivity index (χ3n) is 3.62. The van der Waals surface area contributed by atoms with Crippen LogP contribution in [0, 0.1) is 13.8 Å². The molecule has 0 atom stereocenters. The highest BCUT2D eigenvalue weighted by atomic mass is 16.5. The molecule has 2 nitrogen and oxygen atoms in total. The molecule has 0 radical (unpaired) electrons. The fourth-order valence-electron chi connectivity index (χ4n) is 2.19. The van der Waals surface area contributed by atoms with Gasteiger partial charge in [-0.2, -0.15) is 0 Å². The van der Waals surface area contributed by atoms with E-state index in [0.29, 0.717) is 0 Å². The van der Waals surface area contributed by atoms with Crippen LogP contribution in [0.4, 0.5) is 0 Å². The van der Waals surface area contributed by atoms with E-state index < -0.39 is 0 Å². The second-order valence-electron chi connectivity index (χ2n) is 5.33. The van der Waals surface area contributed by atoms with Crippen molar-refractivity contribution < 1.29 is 4.74 Å². The first kappa shape index (κ1) is 16.2. The number of benzene rings is 1. The van der Waals surface area contributed by atoms with E-state index >= 15 is 0 Å². The molecular formula is C17H29NO. The normalized spacial score (nSPS) is 10.9. The van der Waals surface area contributed by atoms with Crippen molar-refractivity contribution >= 4 is 0 Å². The van der Waals surface area contributed by atoms with Crippen molar-refractivity contribution in [1.82, 2.24) is 5.32 Å². The maximum absolute atomic E-state index is 4.99. The van der Waals surface area contributed by atoms with Gasteiger partial charge in [0.15, 0.2) is 0 Å². The van der Waals surface area contributed by atoms with E-state index in [1.54, 1.807) is 7.11 Å². The number of hydrogen-bond acceptors (Lipinski definition) is 2. The van der Waals surface area contributed by atoms with Gasteiger partial charge in [0.25, 0.3) is 0 Å². The van der Waals surface area contributed by atoms with E-state index in [4.69, 9.17) is 4.74 Å². The summed E-state index contributed by atoms with van der Waals surface area (Å²) < 4.78 is 4.99. The third-order valence-corrected chi connectivity index (χ3v) is 3.62. The van der Waals surface area contributed by atoms with Gasteiger partial charge in [0.05, 0.1) is 6.61 Å². The lowest BCUT2D eigenvalue weighted by molar-refractivity contribution is 0.199. The molecule has 0 spiro atoms. The highest BCUT2D eigenvalue weighted by molar-refractivity contribution is 5.29. The molecule has 0 aromatic heterocycles. The Morgan fingerprint density at radius 1 is 0.947 bits per heavy atom. The lowest BCUT2D eigenvalue weighted by Gasteiger charge is -2.06. The third kappa shape index (κ3) is 7.34. The van der Waals surface area contributed by atoms with Crippen molar-refractivity contribution in [2.75, 3.05) is 26.8 Å². The Labute approximate surface area is 118 Å². The molecule has 1 N–H and O–H groups in total. The lowest BCUT2D eigenvalue weighted by atomic mass is 10.0. The van der Waals surface area contributed by atoms with Crippen molar-refractivity contribution in [3.63, 3.8) is 0 Å². The molecule has 19 heavy (non-hydrogen) atoms. The molecule has 1 aromatic carbocycles. The smallest absolute Gasteiger partial charge is 0.0587 e. The van der Waals surface area contributed by atoms with Gasteiger partial charge in [-0.05, 0) is 56.3 Å². The van der Waals surface area contributed by atoms with Crippen LogP contribution in [-0.2, 0) is 11.2 Å². The van der Waals surface area contributed by atoms with Gasteiger partial charge in [-0.15, -0.1) is 0 Å². The molecular weight excluding hydrogens is 234 g/mol. The van der Waals surface area contributed by atoms with Gasteiger partial charge < -0.3 is 10.1 Å². The van der Waals surface area contributed by atoms with Crippen molar-refractivity contribution in [2.24, 2.45) is 0 Å². The Bertz CT molecular complexity index is 349. The van der Waals surface area contributed by atoms with Gasteiger partial charge in [-0.3, -0.25) is 0 Å². The van der Waals surface area contributed by atoms with Crippen LogP contribution in [0.25, 0.3) is 0 Å². The Kier molecular flexibility index (Phi) is 8.52. The SMILES string of the molecule is COCCNCCCCCCc1ccc(C)c(C)c1. The molecule has 0 unspecified atom stereocenters. The van der Waals surface area contributed by atoms with Crippen LogP contribution in [-0.4, -0.2) is 26.8 Å². The summed E-state index contributed by atoms with van der Waals surface area (Å²) in [4.78, 5) is 0. The van der Waals surface area contributed by atoms with Gasteiger partial charge in [-0.25, -0.2) is 0 Å². The zero-order chi connectivity index (χ0) is 13.9.